The summed E-state index contributed by atoms with van der Waals surface area (Å²) in [7, 11) is 0. The summed E-state index contributed by atoms with van der Waals surface area (Å²) in [5.74, 6) is 0. The third-order valence-electron chi connectivity index (χ3n) is 3.15. The van der Waals surface area contributed by atoms with E-state index in [1.165, 1.54) is 5.56 Å². The second-order valence-corrected chi connectivity index (χ2v) is 5.53. The smallest absolute Gasteiger partial charge is 0.0914 e. The van der Waals surface area contributed by atoms with Crippen molar-refractivity contribution in [2.24, 2.45) is 0 Å². The van der Waals surface area contributed by atoms with E-state index in [1.54, 1.807) is 0 Å². The predicted molar refractivity (Wildman–Crippen MR) is 82.0 cm³/mol. The van der Waals surface area contributed by atoms with Gasteiger partial charge in [0.15, 0.2) is 0 Å². The van der Waals surface area contributed by atoms with Crippen molar-refractivity contribution in [2.45, 2.75) is 19.1 Å². The average molecular weight is 320 g/mol. The number of rotatable bonds is 5. The zero-order chi connectivity index (χ0) is 13.7. The van der Waals surface area contributed by atoms with Crippen LogP contribution < -0.4 is 5.32 Å². The lowest BCUT2D eigenvalue weighted by Crippen LogP contribution is -2.24. The molecule has 19 heavy (non-hydrogen) atoms. The van der Waals surface area contributed by atoms with Crippen LogP contribution in [0.2, 0.25) is 0 Å². The molecule has 0 bridgehead atoms. The fourth-order valence-electron chi connectivity index (χ4n) is 1.98. The Morgan fingerprint density at radius 2 is 1.74 bits per heavy atom. The maximum atomic E-state index is 10.1. The van der Waals surface area contributed by atoms with Crippen molar-refractivity contribution in [3.05, 3.63) is 70.2 Å². The molecule has 2 aromatic carbocycles. The monoisotopic (exact) mass is 319 g/mol. The zero-order valence-electron chi connectivity index (χ0n) is 10.9. The largest absolute Gasteiger partial charge is 0.387 e. The van der Waals surface area contributed by atoms with Crippen molar-refractivity contribution in [1.29, 1.82) is 0 Å². The highest BCUT2D eigenvalue weighted by molar-refractivity contribution is 9.10. The lowest BCUT2D eigenvalue weighted by Gasteiger charge is -2.18. The molecule has 0 spiro atoms. The van der Waals surface area contributed by atoms with Gasteiger partial charge in [-0.2, -0.15) is 0 Å². The molecule has 0 aromatic heterocycles. The van der Waals surface area contributed by atoms with Gasteiger partial charge in [-0.05, 0) is 30.2 Å². The molecular weight excluding hydrogens is 302 g/mol. The molecule has 2 nitrogen and oxygen atoms in total. The summed E-state index contributed by atoms with van der Waals surface area (Å²) in [6.07, 6.45) is -0.476. The first-order valence-corrected chi connectivity index (χ1v) is 7.18. The van der Waals surface area contributed by atoms with Crippen molar-refractivity contribution in [3.8, 4) is 0 Å². The maximum absolute atomic E-state index is 10.1. The van der Waals surface area contributed by atoms with Crippen molar-refractivity contribution < 1.29 is 5.11 Å². The van der Waals surface area contributed by atoms with E-state index >= 15 is 0 Å². The Kier molecular flexibility index (Phi) is 5.14. The van der Waals surface area contributed by atoms with Gasteiger partial charge in [0.1, 0.15) is 0 Å². The van der Waals surface area contributed by atoms with Crippen LogP contribution in [-0.4, -0.2) is 11.7 Å². The first kappa shape index (κ1) is 14.3. The summed E-state index contributed by atoms with van der Waals surface area (Å²) in [6, 6.07) is 18.1. The number of halogens is 1. The minimum atomic E-state index is -0.476. The average Bonchev–Trinajstić information content (AvgIpc) is 2.45. The number of aliphatic hydroxyl groups is 1. The first-order chi connectivity index (χ1) is 9.16. The van der Waals surface area contributed by atoms with Crippen LogP contribution in [0.3, 0.4) is 0 Å². The van der Waals surface area contributed by atoms with E-state index in [0.717, 1.165) is 10.0 Å². The van der Waals surface area contributed by atoms with E-state index in [2.05, 4.69) is 40.3 Å². The number of nitrogens with one attached hydrogen (secondary N) is 1. The van der Waals surface area contributed by atoms with Crippen LogP contribution >= 0.6 is 15.9 Å². The Labute approximate surface area is 122 Å². The molecule has 0 aliphatic carbocycles. The topological polar surface area (TPSA) is 32.3 Å². The van der Waals surface area contributed by atoms with Gasteiger partial charge in [0, 0.05) is 17.1 Å². The second-order valence-electron chi connectivity index (χ2n) is 4.61. The van der Waals surface area contributed by atoms with E-state index in [0.29, 0.717) is 6.54 Å². The van der Waals surface area contributed by atoms with Gasteiger partial charge in [-0.15, -0.1) is 0 Å². The van der Waals surface area contributed by atoms with E-state index in [9.17, 15) is 5.11 Å². The molecule has 0 saturated carbocycles. The van der Waals surface area contributed by atoms with Gasteiger partial charge in [-0.3, -0.25) is 0 Å². The predicted octanol–water partition coefficient (Wildman–Crippen LogP) is 3.83. The second kappa shape index (κ2) is 6.85. The first-order valence-electron chi connectivity index (χ1n) is 6.38. The molecular formula is C16H18BrNO. The number of hydrogen-bond donors (Lipinski definition) is 2. The van der Waals surface area contributed by atoms with E-state index < -0.39 is 6.10 Å². The molecule has 2 rings (SSSR count). The fourth-order valence-corrected chi connectivity index (χ4v) is 2.39. The molecule has 0 saturated heterocycles. The Balaban J connectivity index is 1.92. The van der Waals surface area contributed by atoms with Crippen molar-refractivity contribution in [1.82, 2.24) is 5.32 Å². The Bertz CT molecular complexity index is 515. The van der Waals surface area contributed by atoms with Crippen LogP contribution in [0.25, 0.3) is 0 Å². The minimum Gasteiger partial charge on any atom is -0.387 e. The third-order valence-corrected chi connectivity index (χ3v) is 3.64. The SMILES string of the molecule is CC(NCC(O)c1ccccc1)c1cccc(Br)c1. The fraction of sp³-hybridized carbons (Fsp3) is 0.250. The molecule has 0 fully saturated rings. The Morgan fingerprint density at radius 3 is 2.42 bits per heavy atom. The van der Waals surface area contributed by atoms with E-state index in [-0.39, 0.29) is 6.04 Å². The van der Waals surface area contributed by atoms with Crippen LogP contribution in [0, 0.1) is 0 Å². The maximum Gasteiger partial charge on any atom is 0.0914 e. The van der Waals surface area contributed by atoms with Crippen molar-refractivity contribution in [3.63, 3.8) is 0 Å². The van der Waals surface area contributed by atoms with Crippen LogP contribution in [0.5, 0.6) is 0 Å². The van der Waals surface area contributed by atoms with Crippen LogP contribution in [-0.2, 0) is 0 Å². The standard InChI is InChI=1S/C16H18BrNO/c1-12(14-8-5-9-15(17)10-14)18-11-16(19)13-6-3-2-4-7-13/h2-10,12,16,18-19H,11H2,1H3. The van der Waals surface area contributed by atoms with Gasteiger partial charge >= 0.3 is 0 Å². The van der Waals surface area contributed by atoms with Gasteiger partial charge in [0.25, 0.3) is 0 Å². The summed E-state index contributed by atoms with van der Waals surface area (Å²) in [4.78, 5) is 0. The lowest BCUT2D eigenvalue weighted by molar-refractivity contribution is 0.171. The van der Waals surface area contributed by atoms with Crippen molar-refractivity contribution in [2.75, 3.05) is 6.54 Å². The van der Waals surface area contributed by atoms with Crippen LogP contribution in [0.4, 0.5) is 0 Å². The van der Waals surface area contributed by atoms with Gasteiger partial charge in [-0.1, -0.05) is 58.4 Å². The zero-order valence-corrected chi connectivity index (χ0v) is 12.5. The normalized spacial score (nSPS) is 14.1. The molecule has 0 aliphatic heterocycles. The van der Waals surface area contributed by atoms with Gasteiger partial charge in [0.05, 0.1) is 6.10 Å². The Hall–Kier alpha value is -1.16. The van der Waals surface area contributed by atoms with Crippen LogP contribution in [0.1, 0.15) is 30.2 Å². The number of hydrogen-bond acceptors (Lipinski definition) is 2. The molecule has 0 amide bonds. The third kappa shape index (κ3) is 4.16. The summed E-state index contributed by atoms with van der Waals surface area (Å²) < 4.78 is 1.07. The molecule has 100 valence electrons. The van der Waals surface area contributed by atoms with Crippen molar-refractivity contribution >= 4 is 15.9 Å². The highest BCUT2D eigenvalue weighted by Crippen LogP contribution is 2.19. The summed E-state index contributed by atoms with van der Waals surface area (Å²) in [6.45, 7) is 2.64. The highest BCUT2D eigenvalue weighted by atomic mass is 79.9. The summed E-state index contributed by atoms with van der Waals surface area (Å²) in [5.41, 5.74) is 2.14. The minimum absolute atomic E-state index is 0.205. The van der Waals surface area contributed by atoms with E-state index in [4.69, 9.17) is 0 Å². The summed E-state index contributed by atoms with van der Waals surface area (Å²) >= 11 is 3.47. The molecule has 0 aliphatic rings. The molecule has 0 heterocycles. The van der Waals surface area contributed by atoms with Gasteiger partial charge in [0.2, 0.25) is 0 Å². The highest BCUT2D eigenvalue weighted by Gasteiger charge is 2.10. The number of benzene rings is 2. The molecule has 2 unspecified atom stereocenters. The summed E-state index contributed by atoms with van der Waals surface area (Å²) in [5, 5.41) is 13.5. The Morgan fingerprint density at radius 1 is 1.05 bits per heavy atom. The molecule has 2 aromatic rings. The van der Waals surface area contributed by atoms with Gasteiger partial charge < -0.3 is 10.4 Å². The van der Waals surface area contributed by atoms with Crippen LogP contribution in [0.15, 0.2) is 59.1 Å². The molecule has 3 heteroatoms. The quantitative estimate of drug-likeness (QED) is 0.877. The molecule has 0 radical (unpaired) electrons. The lowest BCUT2D eigenvalue weighted by atomic mass is 10.1. The van der Waals surface area contributed by atoms with E-state index in [1.807, 2.05) is 42.5 Å². The number of aliphatic hydroxyl groups excluding tert-OH is 1. The van der Waals surface area contributed by atoms with Gasteiger partial charge in [-0.25, -0.2) is 0 Å². The molecule has 2 N–H and O–H groups in total. The molecule has 2 atom stereocenters.